The first-order chi connectivity index (χ1) is 14.8. The van der Waals surface area contributed by atoms with Crippen LogP contribution in [0.4, 0.5) is 23.4 Å². The summed E-state index contributed by atoms with van der Waals surface area (Å²) in [5, 5.41) is 0. The monoisotopic (exact) mass is 435 g/mol. The largest absolute Gasteiger partial charge is 0.473 e. The van der Waals surface area contributed by atoms with Gasteiger partial charge in [-0.25, -0.2) is 22.4 Å². The highest BCUT2D eigenvalue weighted by atomic mass is 19.1. The zero-order chi connectivity index (χ0) is 22.1. The molecule has 0 N–H and O–H groups in total. The van der Waals surface area contributed by atoms with Crippen molar-refractivity contribution >= 4 is 5.82 Å². The highest BCUT2D eigenvalue weighted by Gasteiger charge is 2.18. The van der Waals surface area contributed by atoms with Crippen molar-refractivity contribution in [2.45, 2.75) is 19.6 Å². The molecule has 3 aromatic rings. The second kappa shape index (κ2) is 8.29. The van der Waals surface area contributed by atoms with Crippen molar-refractivity contribution in [2.75, 3.05) is 18.5 Å². The summed E-state index contributed by atoms with van der Waals surface area (Å²) in [5.41, 5.74) is -0.358. The van der Waals surface area contributed by atoms with Crippen LogP contribution in [0.15, 0.2) is 41.2 Å². The van der Waals surface area contributed by atoms with Gasteiger partial charge in [0.15, 0.2) is 17.4 Å². The van der Waals surface area contributed by atoms with Crippen LogP contribution < -0.4 is 20.1 Å². The van der Waals surface area contributed by atoms with E-state index < -0.39 is 34.7 Å². The minimum absolute atomic E-state index is 0.0291. The molecule has 0 saturated heterocycles. The second-order valence-corrected chi connectivity index (χ2v) is 7.05. The number of benzene rings is 2. The van der Waals surface area contributed by atoms with E-state index in [9.17, 15) is 22.4 Å². The SMILES string of the molecule is CN1CCCn2c1cc(OCc1cc(F)c(Oc3cc(F)cc(F)c3)c(F)c1)nc2=O. The second-order valence-electron chi connectivity index (χ2n) is 7.05. The van der Waals surface area contributed by atoms with E-state index in [1.54, 1.807) is 6.07 Å². The van der Waals surface area contributed by atoms with Gasteiger partial charge in [0.2, 0.25) is 5.88 Å². The Kier molecular flexibility index (Phi) is 5.53. The van der Waals surface area contributed by atoms with E-state index in [1.165, 1.54) is 4.57 Å². The summed E-state index contributed by atoms with van der Waals surface area (Å²) in [5.74, 6) is -4.57. The van der Waals surface area contributed by atoms with Crippen LogP contribution in [0, 0.1) is 23.3 Å². The predicted octanol–water partition coefficient (Wildman–Crippen LogP) is 4.01. The minimum Gasteiger partial charge on any atom is -0.473 e. The topological polar surface area (TPSA) is 56.6 Å². The van der Waals surface area contributed by atoms with Crippen LogP contribution in [0.2, 0.25) is 0 Å². The average molecular weight is 435 g/mol. The Morgan fingerprint density at radius 3 is 2.32 bits per heavy atom. The maximum atomic E-state index is 14.4. The zero-order valence-electron chi connectivity index (χ0n) is 16.4. The molecule has 0 aliphatic carbocycles. The normalized spacial score (nSPS) is 13.1. The molecule has 0 fully saturated rings. The molecule has 6 nitrogen and oxygen atoms in total. The molecule has 0 spiro atoms. The molecule has 0 radical (unpaired) electrons. The highest BCUT2D eigenvalue weighted by Crippen LogP contribution is 2.30. The number of ether oxygens (including phenoxy) is 2. The molecule has 2 aromatic carbocycles. The third kappa shape index (κ3) is 4.47. The van der Waals surface area contributed by atoms with Crippen molar-refractivity contribution in [1.82, 2.24) is 9.55 Å². The van der Waals surface area contributed by atoms with Gasteiger partial charge >= 0.3 is 5.69 Å². The fourth-order valence-electron chi connectivity index (χ4n) is 3.31. The summed E-state index contributed by atoms with van der Waals surface area (Å²) >= 11 is 0. The van der Waals surface area contributed by atoms with Gasteiger partial charge in [-0.15, -0.1) is 0 Å². The molecule has 4 rings (SSSR count). The van der Waals surface area contributed by atoms with Gasteiger partial charge in [0.05, 0.1) is 0 Å². The fourth-order valence-corrected chi connectivity index (χ4v) is 3.31. The van der Waals surface area contributed by atoms with Gasteiger partial charge < -0.3 is 14.4 Å². The predicted molar refractivity (Wildman–Crippen MR) is 104 cm³/mol. The zero-order valence-corrected chi connectivity index (χ0v) is 16.4. The van der Waals surface area contributed by atoms with Gasteiger partial charge in [0, 0.05) is 44.4 Å². The van der Waals surface area contributed by atoms with Crippen LogP contribution in [0.25, 0.3) is 0 Å². The molecular formula is C21H17F4N3O3. The Hall–Kier alpha value is -3.56. The minimum atomic E-state index is -1.08. The van der Waals surface area contributed by atoms with Gasteiger partial charge in [-0.2, -0.15) is 4.98 Å². The fraction of sp³-hybridized carbons (Fsp3) is 0.238. The quantitative estimate of drug-likeness (QED) is 0.567. The van der Waals surface area contributed by atoms with E-state index in [1.807, 2.05) is 11.9 Å². The Morgan fingerprint density at radius 2 is 1.65 bits per heavy atom. The van der Waals surface area contributed by atoms with Crippen molar-refractivity contribution in [3.63, 3.8) is 0 Å². The summed E-state index contributed by atoms with van der Waals surface area (Å²) in [4.78, 5) is 17.9. The molecule has 162 valence electrons. The van der Waals surface area contributed by atoms with E-state index in [0.717, 1.165) is 37.2 Å². The molecule has 1 aliphatic heterocycles. The van der Waals surface area contributed by atoms with Crippen LogP contribution in [-0.2, 0) is 13.2 Å². The van der Waals surface area contributed by atoms with Gasteiger partial charge in [0.1, 0.15) is 29.8 Å². The lowest BCUT2D eigenvalue weighted by atomic mass is 10.2. The van der Waals surface area contributed by atoms with Crippen molar-refractivity contribution < 1.29 is 27.0 Å². The van der Waals surface area contributed by atoms with E-state index in [0.29, 0.717) is 18.4 Å². The van der Waals surface area contributed by atoms with Crippen molar-refractivity contribution in [3.05, 3.63) is 75.7 Å². The molecule has 1 aliphatic rings. The van der Waals surface area contributed by atoms with Crippen LogP contribution in [-0.4, -0.2) is 23.1 Å². The number of halogens is 4. The molecular weight excluding hydrogens is 418 g/mol. The lowest BCUT2D eigenvalue weighted by molar-refractivity contribution is 0.288. The number of fused-ring (bicyclic) bond motifs is 1. The smallest absolute Gasteiger partial charge is 0.352 e. The van der Waals surface area contributed by atoms with Crippen molar-refractivity contribution in [1.29, 1.82) is 0 Å². The van der Waals surface area contributed by atoms with Gasteiger partial charge in [-0.3, -0.25) is 4.57 Å². The number of hydrogen-bond acceptors (Lipinski definition) is 5. The molecule has 2 heterocycles. The molecule has 0 amide bonds. The summed E-state index contributed by atoms with van der Waals surface area (Å²) in [6.45, 7) is 1.07. The summed E-state index contributed by atoms with van der Waals surface area (Å²) < 4.78 is 67.2. The van der Waals surface area contributed by atoms with Gasteiger partial charge in [-0.05, 0) is 24.1 Å². The highest BCUT2D eigenvalue weighted by molar-refractivity contribution is 5.43. The first-order valence-corrected chi connectivity index (χ1v) is 9.38. The van der Waals surface area contributed by atoms with Crippen LogP contribution in [0.1, 0.15) is 12.0 Å². The molecule has 0 atom stereocenters. The number of nitrogens with zero attached hydrogens (tertiary/aromatic N) is 3. The molecule has 31 heavy (non-hydrogen) atoms. The maximum absolute atomic E-state index is 14.4. The van der Waals surface area contributed by atoms with E-state index in [-0.39, 0.29) is 23.8 Å². The first kappa shape index (κ1) is 20.7. The van der Waals surface area contributed by atoms with Gasteiger partial charge in [-0.1, -0.05) is 0 Å². The number of rotatable bonds is 5. The number of anilines is 1. The van der Waals surface area contributed by atoms with E-state index in [4.69, 9.17) is 9.47 Å². The number of hydrogen-bond donors (Lipinski definition) is 0. The van der Waals surface area contributed by atoms with Crippen molar-refractivity contribution in [3.8, 4) is 17.4 Å². The molecule has 1 aromatic heterocycles. The van der Waals surface area contributed by atoms with E-state index >= 15 is 0 Å². The Balaban J connectivity index is 1.52. The van der Waals surface area contributed by atoms with E-state index in [2.05, 4.69) is 4.98 Å². The standard InChI is InChI=1S/C21H17F4N3O3/c1-27-3-2-4-28-19(27)10-18(26-21(28)29)30-11-12-5-16(24)20(17(25)6-12)31-15-8-13(22)7-14(23)9-15/h5-10H,2-4,11H2,1H3. The number of aromatic nitrogens is 2. The Bertz CT molecular complexity index is 1160. The van der Waals surface area contributed by atoms with Gasteiger partial charge in [0.25, 0.3) is 0 Å². The lowest BCUT2D eigenvalue weighted by Gasteiger charge is -2.28. The molecule has 10 heteroatoms. The third-order valence-corrected chi connectivity index (χ3v) is 4.73. The Morgan fingerprint density at radius 1 is 0.968 bits per heavy atom. The lowest BCUT2D eigenvalue weighted by Crippen LogP contribution is -2.36. The Labute approximate surface area is 174 Å². The summed E-state index contributed by atoms with van der Waals surface area (Å²) in [6.07, 6.45) is 0.820. The third-order valence-electron chi connectivity index (χ3n) is 4.73. The summed E-state index contributed by atoms with van der Waals surface area (Å²) in [6, 6.07) is 5.73. The average Bonchev–Trinajstić information content (AvgIpc) is 2.69. The van der Waals surface area contributed by atoms with Crippen molar-refractivity contribution in [2.24, 2.45) is 0 Å². The molecule has 0 bridgehead atoms. The van der Waals surface area contributed by atoms with Crippen LogP contribution in [0.5, 0.6) is 17.4 Å². The maximum Gasteiger partial charge on any atom is 0.352 e. The first-order valence-electron chi connectivity index (χ1n) is 9.38. The van der Waals surface area contributed by atoms with Crippen LogP contribution in [0.3, 0.4) is 0 Å². The molecule has 0 unspecified atom stereocenters. The summed E-state index contributed by atoms with van der Waals surface area (Å²) in [7, 11) is 1.84. The van der Waals surface area contributed by atoms with Crippen LogP contribution >= 0.6 is 0 Å². The molecule has 0 saturated carbocycles.